The van der Waals surface area contributed by atoms with Gasteiger partial charge in [0.25, 0.3) is 5.56 Å². The molecule has 2 N–H and O–H groups in total. The summed E-state index contributed by atoms with van der Waals surface area (Å²) in [5.74, 6) is 0. The smallest absolute Gasteiger partial charge is 0.332 e. The molecular weight excluding hydrogens is 358 g/mol. The molecule has 0 bridgehead atoms. The van der Waals surface area contributed by atoms with E-state index in [9.17, 15) is 14.7 Å². The largest absolute Gasteiger partial charge is 0.392 e. The van der Waals surface area contributed by atoms with Gasteiger partial charge in [0.15, 0.2) is 11.2 Å². The highest BCUT2D eigenvalue weighted by atomic mass is 16.3. The predicted molar refractivity (Wildman–Crippen MR) is 108 cm³/mol. The number of aromatic nitrogens is 4. The van der Waals surface area contributed by atoms with E-state index in [0.717, 1.165) is 6.42 Å². The second-order valence-corrected chi connectivity index (χ2v) is 7.09. The summed E-state index contributed by atoms with van der Waals surface area (Å²) < 4.78 is 4.29. The van der Waals surface area contributed by atoms with Crippen molar-refractivity contribution >= 4 is 11.2 Å². The van der Waals surface area contributed by atoms with Crippen LogP contribution in [0.2, 0.25) is 0 Å². The minimum absolute atomic E-state index is 0.317. The molecule has 8 heteroatoms. The summed E-state index contributed by atoms with van der Waals surface area (Å²) in [7, 11) is 3.36. The van der Waals surface area contributed by atoms with Crippen molar-refractivity contribution in [3.8, 4) is 0 Å². The number of fused-ring (bicyclic) bond motifs is 1. The normalized spacial score (nSPS) is 12.5. The van der Waals surface area contributed by atoms with Crippen molar-refractivity contribution in [1.29, 1.82) is 0 Å². The number of aliphatic hydroxyl groups excluding tert-OH is 1. The molecule has 2 aromatic heterocycles. The number of hydrogen-bond donors (Lipinski definition) is 2. The van der Waals surface area contributed by atoms with Crippen molar-refractivity contribution in [2.45, 2.75) is 38.5 Å². The number of nitrogens with zero attached hydrogens (tertiary/aromatic N) is 4. The number of rotatable bonds is 9. The predicted octanol–water partition coefficient (Wildman–Crippen LogP) is 0.755. The minimum atomic E-state index is -0.456. The molecule has 1 atom stereocenters. The fourth-order valence-corrected chi connectivity index (χ4v) is 3.32. The van der Waals surface area contributed by atoms with Gasteiger partial charge in [-0.05, 0) is 24.8 Å². The lowest BCUT2D eigenvalue weighted by molar-refractivity contribution is 0.157. The summed E-state index contributed by atoms with van der Waals surface area (Å²) in [6.07, 6.45) is 3.07. The van der Waals surface area contributed by atoms with Crippen molar-refractivity contribution in [2.75, 3.05) is 6.54 Å². The van der Waals surface area contributed by atoms with Crippen LogP contribution in [0.3, 0.4) is 0 Å². The van der Waals surface area contributed by atoms with Crippen molar-refractivity contribution in [1.82, 2.24) is 24.0 Å². The van der Waals surface area contributed by atoms with Gasteiger partial charge in [-0.1, -0.05) is 30.3 Å². The summed E-state index contributed by atoms with van der Waals surface area (Å²) in [4.78, 5) is 29.2. The number of nitrogens with one attached hydrogen (secondary N) is 1. The van der Waals surface area contributed by atoms with Gasteiger partial charge in [0.05, 0.1) is 12.4 Å². The Kier molecular flexibility index (Phi) is 6.43. The maximum atomic E-state index is 12.6. The van der Waals surface area contributed by atoms with E-state index < -0.39 is 6.10 Å². The van der Waals surface area contributed by atoms with Crippen LogP contribution >= 0.6 is 0 Å². The van der Waals surface area contributed by atoms with Crippen molar-refractivity contribution in [3.63, 3.8) is 0 Å². The molecule has 150 valence electrons. The molecule has 3 rings (SSSR count). The molecular formula is C20H27N5O3. The molecule has 3 aromatic rings. The van der Waals surface area contributed by atoms with Gasteiger partial charge in [0.2, 0.25) is 0 Å². The standard InChI is InChI=1S/C20H27N5O3/c1-23-14-22-18-17(23)19(27)25(20(28)24(18)2)11-7-6-10-16(26)13-21-12-15-8-4-3-5-9-15/h3-5,8-9,14,16,21,26H,6-7,10-13H2,1-2H3. The first-order chi connectivity index (χ1) is 13.5. The third kappa shape index (κ3) is 4.40. The number of aryl methyl sites for hydroxylation is 2. The van der Waals surface area contributed by atoms with Crippen LogP contribution in [0, 0.1) is 0 Å². The van der Waals surface area contributed by atoms with Crippen LogP contribution < -0.4 is 16.6 Å². The van der Waals surface area contributed by atoms with Crippen LogP contribution in [0.5, 0.6) is 0 Å². The van der Waals surface area contributed by atoms with E-state index in [2.05, 4.69) is 10.3 Å². The molecule has 0 saturated heterocycles. The molecule has 0 amide bonds. The summed E-state index contributed by atoms with van der Waals surface area (Å²) in [6, 6.07) is 10.0. The van der Waals surface area contributed by atoms with Gasteiger partial charge in [-0.15, -0.1) is 0 Å². The van der Waals surface area contributed by atoms with Crippen LogP contribution in [0.1, 0.15) is 24.8 Å². The Hall–Kier alpha value is -2.71. The Morgan fingerprint density at radius 3 is 2.64 bits per heavy atom. The van der Waals surface area contributed by atoms with E-state index in [-0.39, 0.29) is 11.2 Å². The zero-order chi connectivity index (χ0) is 20.1. The Bertz CT molecular complexity index is 1040. The molecule has 2 heterocycles. The lowest BCUT2D eigenvalue weighted by Gasteiger charge is -2.12. The van der Waals surface area contributed by atoms with Gasteiger partial charge in [0, 0.05) is 33.7 Å². The van der Waals surface area contributed by atoms with Crippen molar-refractivity contribution < 1.29 is 5.11 Å². The summed E-state index contributed by atoms with van der Waals surface area (Å²) in [5.41, 5.74) is 1.32. The van der Waals surface area contributed by atoms with Gasteiger partial charge in [-0.2, -0.15) is 0 Å². The summed E-state index contributed by atoms with van der Waals surface area (Å²) in [6.45, 7) is 1.56. The average Bonchev–Trinajstić information content (AvgIpc) is 3.08. The molecule has 0 radical (unpaired) electrons. The van der Waals surface area contributed by atoms with Crippen LogP contribution in [0.15, 0.2) is 46.2 Å². The fourth-order valence-electron chi connectivity index (χ4n) is 3.32. The third-order valence-corrected chi connectivity index (χ3v) is 4.92. The lowest BCUT2D eigenvalue weighted by atomic mass is 10.1. The van der Waals surface area contributed by atoms with Gasteiger partial charge < -0.3 is 15.0 Å². The van der Waals surface area contributed by atoms with E-state index in [1.54, 1.807) is 18.7 Å². The van der Waals surface area contributed by atoms with Crippen molar-refractivity contribution in [2.24, 2.45) is 14.1 Å². The monoisotopic (exact) mass is 385 g/mol. The second kappa shape index (κ2) is 8.99. The number of imidazole rings is 1. The molecule has 0 fully saturated rings. The quantitative estimate of drug-likeness (QED) is 0.530. The Balaban J connectivity index is 1.49. The van der Waals surface area contributed by atoms with E-state index in [1.807, 2.05) is 30.3 Å². The van der Waals surface area contributed by atoms with Crippen LogP contribution in [-0.2, 0) is 27.2 Å². The average molecular weight is 385 g/mol. The minimum Gasteiger partial charge on any atom is -0.392 e. The molecule has 0 aliphatic rings. The molecule has 8 nitrogen and oxygen atoms in total. The highest BCUT2D eigenvalue weighted by Gasteiger charge is 2.14. The molecule has 0 aliphatic carbocycles. The van der Waals surface area contributed by atoms with E-state index in [0.29, 0.717) is 43.6 Å². The topological polar surface area (TPSA) is 94.1 Å². The summed E-state index contributed by atoms with van der Waals surface area (Å²) in [5, 5.41) is 13.4. The van der Waals surface area contributed by atoms with E-state index in [4.69, 9.17) is 0 Å². The van der Waals surface area contributed by atoms with Crippen LogP contribution in [-0.4, -0.2) is 36.4 Å². The zero-order valence-electron chi connectivity index (χ0n) is 16.3. The number of hydrogen-bond acceptors (Lipinski definition) is 5. The first-order valence-corrected chi connectivity index (χ1v) is 9.52. The molecule has 0 spiro atoms. The highest BCUT2D eigenvalue weighted by molar-refractivity contribution is 5.69. The number of unbranched alkanes of at least 4 members (excludes halogenated alkanes) is 1. The molecule has 28 heavy (non-hydrogen) atoms. The first-order valence-electron chi connectivity index (χ1n) is 9.52. The fraction of sp³-hybridized carbons (Fsp3) is 0.450. The SMILES string of the molecule is Cn1cnc2c1c(=O)n(CCCCC(O)CNCc1ccccc1)c(=O)n2C. The number of benzene rings is 1. The zero-order valence-corrected chi connectivity index (χ0v) is 16.3. The summed E-state index contributed by atoms with van der Waals surface area (Å²) >= 11 is 0. The number of aliphatic hydroxyl groups is 1. The van der Waals surface area contributed by atoms with E-state index in [1.165, 1.54) is 21.0 Å². The lowest BCUT2D eigenvalue weighted by Crippen LogP contribution is -2.39. The Morgan fingerprint density at radius 1 is 1.14 bits per heavy atom. The maximum absolute atomic E-state index is 12.6. The Labute approximate surface area is 163 Å². The van der Waals surface area contributed by atoms with Gasteiger partial charge >= 0.3 is 5.69 Å². The van der Waals surface area contributed by atoms with Crippen molar-refractivity contribution in [3.05, 3.63) is 63.1 Å². The van der Waals surface area contributed by atoms with Crippen LogP contribution in [0.25, 0.3) is 11.2 Å². The van der Waals surface area contributed by atoms with Gasteiger partial charge in [-0.3, -0.25) is 13.9 Å². The highest BCUT2D eigenvalue weighted by Crippen LogP contribution is 2.05. The third-order valence-electron chi connectivity index (χ3n) is 4.92. The van der Waals surface area contributed by atoms with Gasteiger partial charge in [-0.25, -0.2) is 9.78 Å². The first kappa shape index (κ1) is 20.0. The van der Waals surface area contributed by atoms with E-state index >= 15 is 0 Å². The van der Waals surface area contributed by atoms with Gasteiger partial charge in [0.1, 0.15) is 0 Å². The Morgan fingerprint density at radius 2 is 1.89 bits per heavy atom. The molecule has 1 unspecified atom stereocenters. The molecule has 0 saturated carbocycles. The maximum Gasteiger partial charge on any atom is 0.332 e. The van der Waals surface area contributed by atoms with Crippen LogP contribution in [0.4, 0.5) is 0 Å². The molecule has 0 aliphatic heterocycles. The molecule has 1 aromatic carbocycles. The second-order valence-electron chi connectivity index (χ2n) is 7.09.